The van der Waals surface area contributed by atoms with Crippen LogP contribution >= 0.6 is 0 Å². The van der Waals surface area contributed by atoms with Gasteiger partial charge in [-0.1, -0.05) is 44.5 Å². The number of sulfonamides is 1. The van der Waals surface area contributed by atoms with Crippen LogP contribution in [-0.2, 0) is 28.7 Å². The highest BCUT2D eigenvalue weighted by Gasteiger charge is 2.50. The van der Waals surface area contributed by atoms with Gasteiger partial charge in [0.05, 0.1) is 12.0 Å². The van der Waals surface area contributed by atoms with E-state index in [0.717, 1.165) is 5.56 Å². The number of nitrogens with one attached hydrogen (secondary N) is 1. The topological polar surface area (TPSA) is 90.9 Å². The minimum absolute atomic E-state index is 0.00899. The maximum absolute atomic E-state index is 12.9. The van der Waals surface area contributed by atoms with E-state index in [1.54, 1.807) is 36.4 Å². The van der Waals surface area contributed by atoms with Gasteiger partial charge in [0.2, 0.25) is 10.0 Å². The molecule has 1 aliphatic rings. The van der Waals surface area contributed by atoms with E-state index in [1.165, 1.54) is 14.2 Å². The Bertz CT molecular complexity index is 936. The van der Waals surface area contributed by atoms with Gasteiger partial charge in [0.15, 0.2) is 13.9 Å². The molecule has 180 valence electrons. The Hall–Kier alpha value is -1.52. The van der Waals surface area contributed by atoms with Crippen molar-refractivity contribution in [2.75, 3.05) is 20.8 Å². The van der Waals surface area contributed by atoms with Gasteiger partial charge in [-0.25, -0.2) is 17.9 Å². The standard InChI is InChI=1S/C23H37NO6SSi/c1-17-9-11-20(12-10-17)31(26,27)24-19-13-14-23(29-6,21(25)28-5)18(15-19)16-30-32(7,8)22(2,3)4/h9-14,18-19,24H,15-16H2,1-8H3/t18-,19-,23-/m1/s1. The van der Waals surface area contributed by atoms with Crippen LogP contribution in [0.5, 0.6) is 0 Å². The maximum Gasteiger partial charge on any atom is 0.342 e. The van der Waals surface area contributed by atoms with Crippen molar-refractivity contribution in [2.45, 2.75) is 68.8 Å². The third-order valence-electron chi connectivity index (χ3n) is 6.65. The summed E-state index contributed by atoms with van der Waals surface area (Å²) in [6.07, 6.45) is 3.60. The Morgan fingerprint density at radius 3 is 2.28 bits per heavy atom. The number of hydrogen-bond acceptors (Lipinski definition) is 6. The number of aryl methyl sites for hydroxylation is 1. The smallest absolute Gasteiger partial charge is 0.342 e. The van der Waals surface area contributed by atoms with E-state index < -0.39 is 41.9 Å². The van der Waals surface area contributed by atoms with Gasteiger partial charge >= 0.3 is 5.97 Å². The normalized spacial score (nSPS) is 24.4. The van der Waals surface area contributed by atoms with Crippen molar-refractivity contribution in [3.8, 4) is 0 Å². The van der Waals surface area contributed by atoms with Crippen LogP contribution in [0.1, 0.15) is 32.8 Å². The number of methoxy groups -OCH3 is 2. The fraction of sp³-hybridized carbons (Fsp3) is 0.609. The van der Waals surface area contributed by atoms with Gasteiger partial charge in [-0.2, -0.15) is 0 Å². The Labute approximate surface area is 193 Å². The Kier molecular flexibility index (Phi) is 8.16. The SMILES string of the molecule is COC(=O)[C@@]1(OC)C=C[C@@H](NS(=O)(=O)c2ccc(C)cc2)C[C@@H]1CO[Si](C)(C)C(C)(C)C. The van der Waals surface area contributed by atoms with Gasteiger partial charge in [-0.15, -0.1) is 0 Å². The van der Waals surface area contributed by atoms with Gasteiger partial charge in [0, 0.05) is 25.7 Å². The number of ether oxygens (including phenoxy) is 2. The zero-order chi connectivity index (χ0) is 24.4. The fourth-order valence-corrected chi connectivity index (χ4v) is 5.71. The first-order valence-corrected chi connectivity index (χ1v) is 15.1. The van der Waals surface area contributed by atoms with Gasteiger partial charge in [0.1, 0.15) is 0 Å². The van der Waals surface area contributed by atoms with Crippen LogP contribution in [-0.4, -0.2) is 55.2 Å². The summed E-state index contributed by atoms with van der Waals surface area (Å²) in [7, 11) is -3.06. The maximum atomic E-state index is 12.9. The van der Waals surface area contributed by atoms with Crippen molar-refractivity contribution >= 4 is 24.3 Å². The lowest BCUT2D eigenvalue weighted by atomic mass is 9.78. The van der Waals surface area contributed by atoms with E-state index in [9.17, 15) is 13.2 Å². The summed E-state index contributed by atoms with van der Waals surface area (Å²) in [5, 5.41) is -0.00899. The van der Waals surface area contributed by atoms with Crippen LogP contribution in [0.2, 0.25) is 18.1 Å². The van der Waals surface area contributed by atoms with E-state index in [-0.39, 0.29) is 16.5 Å². The monoisotopic (exact) mass is 483 g/mol. The van der Waals surface area contributed by atoms with Crippen LogP contribution in [0.25, 0.3) is 0 Å². The van der Waals surface area contributed by atoms with Crippen LogP contribution < -0.4 is 4.72 Å². The molecule has 0 radical (unpaired) electrons. The Balaban J connectivity index is 2.32. The van der Waals surface area contributed by atoms with Gasteiger partial charge in [0.25, 0.3) is 0 Å². The summed E-state index contributed by atoms with van der Waals surface area (Å²) >= 11 is 0. The first kappa shape index (κ1) is 26.7. The molecule has 32 heavy (non-hydrogen) atoms. The zero-order valence-corrected chi connectivity index (χ0v) is 22.2. The molecule has 0 aliphatic heterocycles. The lowest BCUT2D eigenvalue weighted by molar-refractivity contribution is -0.168. The summed E-state index contributed by atoms with van der Waals surface area (Å²) in [6, 6.07) is 6.16. The van der Waals surface area contributed by atoms with Crippen molar-refractivity contribution in [3.63, 3.8) is 0 Å². The molecule has 0 amide bonds. The van der Waals surface area contributed by atoms with Crippen LogP contribution in [0.4, 0.5) is 0 Å². The summed E-state index contributed by atoms with van der Waals surface area (Å²) in [6.45, 7) is 12.9. The molecule has 2 rings (SSSR count). The molecule has 1 aromatic rings. The Morgan fingerprint density at radius 1 is 1.19 bits per heavy atom. The van der Waals surface area contributed by atoms with Crippen LogP contribution in [0.3, 0.4) is 0 Å². The molecule has 0 saturated carbocycles. The summed E-state index contributed by atoms with van der Waals surface area (Å²) in [5.41, 5.74) is -0.351. The molecular formula is C23H37NO6SSi. The van der Waals surface area contributed by atoms with E-state index in [2.05, 4.69) is 38.6 Å². The highest BCUT2D eigenvalue weighted by atomic mass is 32.2. The predicted molar refractivity (Wildman–Crippen MR) is 127 cm³/mol. The second-order valence-electron chi connectivity index (χ2n) is 9.89. The molecule has 1 aliphatic carbocycles. The molecule has 0 fully saturated rings. The van der Waals surface area contributed by atoms with Crippen molar-refractivity contribution < 1.29 is 27.1 Å². The van der Waals surface area contributed by atoms with Gasteiger partial charge < -0.3 is 13.9 Å². The van der Waals surface area contributed by atoms with E-state index in [1.807, 2.05) is 6.92 Å². The van der Waals surface area contributed by atoms with Gasteiger partial charge in [-0.05, 0) is 49.7 Å². The minimum atomic E-state index is -3.73. The molecule has 0 aromatic heterocycles. The number of hydrogen-bond donors (Lipinski definition) is 1. The minimum Gasteiger partial charge on any atom is -0.467 e. The molecule has 3 atom stereocenters. The second kappa shape index (κ2) is 9.76. The average Bonchev–Trinajstić information content (AvgIpc) is 2.71. The molecule has 0 spiro atoms. The third-order valence-corrected chi connectivity index (χ3v) is 12.7. The first-order valence-electron chi connectivity index (χ1n) is 10.7. The van der Waals surface area contributed by atoms with E-state index in [0.29, 0.717) is 6.42 Å². The second-order valence-corrected chi connectivity index (χ2v) is 16.4. The largest absolute Gasteiger partial charge is 0.467 e. The quantitative estimate of drug-likeness (QED) is 0.344. The number of rotatable bonds is 8. The molecule has 1 N–H and O–H groups in total. The average molecular weight is 484 g/mol. The summed E-state index contributed by atoms with van der Waals surface area (Å²) in [4.78, 5) is 12.9. The first-order chi connectivity index (χ1) is 14.7. The summed E-state index contributed by atoms with van der Waals surface area (Å²) in [5.74, 6) is -0.954. The lowest BCUT2D eigenvalue weighted by Gasteiger charge is -2.42. The van der Waals surface area contributed by atoms with Crippen molar-refractivity contribution in [1.82, 2.24) is 4.72 Å². The van der Waals surface area contributed by atoms with Crippen molar-refractivity contribution in [1.29, 1.82) is 0 Å². The van der Waals surface area contributed by atoms with Crippen molar-refractivity contribution in [3.05, 3.63) is 42.0 Å². The summed E-state index contributed by atoms with van der Waals surface area (Å²) < 4.78 is 45.6. The van der Waals surface area contributed by atoms with E-state index >= 15 is 0 Å². The number of carbonyl (C=O) groups is 1. The van der Waals surface area contributed by atoms with Crippen molar-refractivity contribution in [2.24, 2.45) is 5.92 Å². The fourth-order valence-electron chi connectivity index (χ4n) is 3.46. The van der Waals surface area contributed by atoms with Crippen LogP contribution in [0, 0.1) is 12.8 Å². The molecule has 1 aromatic carbocycles. The highest BCUT2D eigenvalue weighted by Crippen LogP contribution is 2.39. The molecule has 9 heteroatoms. The highest BCUT2D eigenvalue weighted by molar-refractivity contribution is 7.89. The molecular weight excluding hydrogens is 446 g/mol. The lowest BCUT2D eigenvalue weighted by Crippen LogP contribution is -2.55. The van der Waals surface area contributed by atoms with E-state index in [4.69, 9.17) is 13.9 Å². The number of benzene rings is 1. The molecule has 0 heterocycles. The number of carbonyl (C=O) groups excluding carboxylic acids is 1. The predicted octanol–water partition coefficient (Wildman–Crippen LogP) is 3.80. The van der Waals surface area contributed by atoms with Crippen LogP contribution in [0.15, 0.2) is 41.3 Å². The zero-order valence-electron chi connectivity index (χ0n) is 20.4. The third kappa shape index (κ3) is 5.69. The molecule has 0 bridgehead atoms. The number of esters is 1. The Morgan fingerprint density at radius 2 is 1.78 bits per heavy atom. The molecule has 7 nitrogen and oxygen atoms in total. The molecule has 0 saturated heterocycles. The molecule has 0 unspecified atom stereocenters. The van der Waals surface area contributed by atoms with Gasteiger partial charge in [-0.3, -0.25) is 0 Å².